The Bertz CT molecular complexity index is 3950. The average Bonchev–Trinajstić information content (AvgIpc) is 0.682. The van der Waals surface area contributed by atoms with Gasteiger partial charge >= 0.3 is 0 Å². The van der Waals surface area contributed by atoms with Crippen LogP contribution in [-0.4, -0.2) is 9.85 Å². The van der Waals surface area contributed by atoms with Gasteiger partial charge in [-0.1, -0.05) is 189 Å². The third-order valence-electron chi connectivity index (χ3n) is 29.1. The molecule has 0 amide bonds. The molecule has 8 nitrogen and oxygen atoms in total. The molecule has 16 aliphatic rings. The van der Waals surface area contributed by atoms with E-state index < -0.39 is 0 Å². The van der Waals surface area contributed by atoms with Gasteiger partial charge in [-0.25, -0.2) is 0 Å². The van der Waals surface area contributed by atoms with Gasteiger partial charge in [-0.05, 0) is 302 Å². The average molecular weight is 1410 g/mol. The third-order valence-corrected chi connectivity index (χ3v) is 30.0. The standard InChI is InChI=1S/C44H46N2O2.C38H43N.C6H4INO2.CH4/c47-46(48)41-17-8-7-16-40(41)45-42-38(43(32-10-3-1-4-11-32)34-20-28-18-29(22-34)23-35(43)21-28)14-9-15-39(42)44(33-12-5-2-6-13-33)36-24-30-19-31(26-36)27-37(44)25-30;39-36-34(37(28-8-3-1-4-9-28)30-16-24-14-25(18-30)19-31(37)17-24)12-7-13-35(36)38(29-10-5-2-6-11-29)32-20-26-15-27(22-32)23-33(38)21-26;7-5-3-1-2-4-6(5)8(9)10;/h1-17,28-31,34-37,45H,18-27H2;1-13,24-27,30-33H,14-23,39H2;1-4H;1H4. The summed E-state index contributed by atoms with van der Waals surface area (Å²) in [6.45, 7) is 0. The largest absolute Gasteiger partial charge is 0.398 e. The van der Waals surface area contributed by atoms with Crippen molar-refractivity contribution >= 4 is 51.0 Å². The highest BCUT2D eigenvalue weighted by Crippen LogP contribution is 2.72. The van der Waals surface area contributed by atoms with Gasteiger partial charge in [0.2, 0.25) is 0 Å². The van der Waals surface area contributed by atoms with Crippen LogP contribution in [-0.2, 0) is 21.7 Å². The Balaban J connectivity index is 0.000000130. The van der Waals surface area contributed by atoms with Crippen LogP contribution in [0.15, 0.2) is 206 Å². The van der Waals surface area contributed by atoms with Crippen molar-refractivity contribution < 1.29 is 9.85 Å². The van der Waals surface area contributed by atoms with E-state index in [-0.39, 0.29) is 50.3 Å². The monoisotopic (exact) mass is 1410 g/mol. The highest BCUT2D eigenvalue weighted by atomic mass is 127. The lowest BCUT2D eigenvalue weighted by atomic mass is 9.40. The number of nitrogens with one attached hydrogen (secondary N) is 1. The van der Waals surface area contributed by atoms with Crippen LogP contribution in [0.2, 0.25) is 0 Å². The van der Waals surface area contributed by atoms with Crippen molar-refractivity contribution in [3.8, 4) is 0 Å². The molecule has 0 radical (unpaired) electrons. The van der Waals surface area contributed by atoms with Gasteiger partial charge in [-0.15, -0.1) is 0 Å². The fourth-order valence-corrected chi connectivity index (χ4v) is 27.6. The van der Waals surface area contributed by atoms with E-state index in [9.17, 15) is 20.2 Å². The number of nitro groups is 2. The molecule has 0 spiro atoms. The van der Waals surface area contributed by atoms with Crippen LogP contribution in [0.3, 0.4) is 0 Å². The molecule has 16 aliphatic carbocycles. The van der Waals surface area contributed by atoms with E-state index in [1.165, 1.54) is 174 Å². The summed E-state index contributed by atoms with van der Waals surface area (Å²) in [4.78, 5) is 22.1. The summed E-state index contributed by atoms with van der Waals surface area (Å²) in [5, 5.41) is 26.7. The van der Waals surface area contributed by atoms with Gasteiger partial charge in [-0.3, -0.25) is 20.2 Å². The zero-order chi connectivity index (χ0) is 65.4. The zero-order valence-corrected chi connectivity index (χ0v) is 58.1. The van der Waals surface area contributed by atoms with Crippen molar-refractivity contribution in [1.82, 2.24) is 0 Å². The summed E-state index contributed by atoms with van der Waals surface area (Å²) < 4.78 is 0.671. The van der Waals surface area contributed by atoms with E-state index in [0.29, 0.717) is 32.9 Å². The maximum Gasteiger partial charge on any atom is 0.292 e. The molecule has 8 aromatic rings. The zero-order valence-electron chi connectivity index (χ0n) is 56.0. The molecule has 0 aliphatic heterocycles. The minimum Gasteiger partial charge on any atom is -0.398 e. The SMILES string of the molecule is C.Nc1c(C2(c3ccccc3)C3CC4CC(C3)CC2C4)cccc1C1(c2ccccc2)C2CC3CC(C2)CC1C3.O=[N+]([O-])c1ccccc1I.O=[N+]([O-])c1ccccc1Nc1c(C2(c3ccccc3)C3CC4CC(C3)CC2C4)cccc1C1(c2ccccc2)C2CC3CC(C2)CC1C3. The topological polar surface area (TPSA) is 124 Å². The van der Waals surface area contributed by atoms with E-state index in [4.69, 9.17) is 5.73 Å². The summed E-state index contributed by atoms with van der Waals surface area (Å²) >= 11 is 1.93. The molecule has 8 aromatic carbocycles. The summed E-state index contributed by atoms with van der Waals surface area (Å²) in [5.41, 5.74) is 22.6. The van der Waals surface area contributed by atoms with Crippen molar-refractivity contribution in [2.75, 3.05) is 11.1 Å². The molecule has 16 bridgehead atoms. The first-order valence-corrected chi connectivity index (χ1v) is 38.7. The molecule has 0 atom stereocenters. The van der Waals surface area contributed by atoms with Crippen LogP contribution >= 0.6 is 22.6 Å². The number of hydrogen-bond donors (Lipinski definition) is 2. The summed E-state index contributed by atoms with van der Waals surface area (Å²) in [7, 11) is 0. The summed E-state index contributed by atoms with van der Waals surface area (Å²) in [6, 6.07) is 74.8. The number of anilines is 3. The van der Waals surface area contributed by atoms with Gasteiger partial charge in [0.15, 0.2) is 0 Å². The maximum atomic E-state index is 12.5. The van der Waals surface area contributed by atoms with E-state index in [1.807, 2.05) is 34.7 Å². The first-order valence-electron chi connectivity index (χ1n) is 37.6. The Hall–Kier alpha value is -7.11. The Morgan fingerprint density at radius 2 is 0.561 bits per heavy atom. The van der Waals surface area contributed by atoms with E-state index >= 15 is 0 Å². The van der Waals surface area contributed by atoms with Gasteiger partial charge in [0.05, 0.1) is 13.4 Å². The minimum absolute atomic E-state index is 0. The Labute approximate surface area is 594 Å². The number of para-hydroxylation sites is 5. The minimum atomic E-state index is -0.387. The maximum absolute atomic E-state index is 12.5. The second kappa shape index (κ2) is 25.2. The number of nitrogen functional groups attached to an aromatic ring is 1. The van der Waals surface area contributed by atoms with Crippen molar-refractivity contribution in [2.45, 2.75) is 158 Å². The molecule has 3 N–H and O–H groups in total. The van der Waals surface area contributed by atoms with Crippen molar-refractivity contribution in [2.24, 2.45) is 94.7 Å². The smallest absolute Gasteiger partial charge is 0.292 e. The van der Waals surface area contributed by atoms with Crippen LogP contribution in [0.25, 0.3) is 0 Å². The first-order chi connectivity index (χ1) is 47.4. The Kier molecular flexibility index (Phi) is 16.5. The second-order valence-electron chi connectivity index (χ2n) is 33.3. The van der Waals surface area contributed by atoms with Gasteiger partial charge in [0.1, 0.15) is 5.69 Å². The van der Waals surface area contributed by atoms with Crippen LogP contribution in [0.5, 0.6) is 0 Å². The molecule has 9 heteroatoms. The predicted octanol–water partition coefficient (Wildman–Crippen LogP) is 22.4. The fourth-order valence-electron chi connectivity index (χ4n) is 27.0. The molecular formula is C89H97IN4O4. The quantitative estimate of drug-likeness (QED) is 0.0543. The molecule has 0 unspecified atom stereocenters. The van der Waals surface area contributed by atoms with Crippen LogP contribution in [0.1, 0.15) is 180 Å². The van der Waals surface area contributed by atoms with E-state index in [0.717, 1.165) is 76.7 Å². The van der Waals surface area contributed by atoms with E-state index in [2.05, 4.69) is 163 Å². The highest BCUT2D eigenvalue weighted by molar-refractivity contribution is 14.1. The van der Waals surface area contributed by atoms with E-state index in [1.54, 1.807) is 41.5 Å². The van der Waals surface area contributed by atoms with Crippen LogP contribution in [0, 0.1) is 118 Å². The first kappa shape index (κ1) is 64.3. The van der Waals surface area contributed by atoms with Gasteiger partial charge in [0.25, 0.3) is 11.4 Å². The predicted molar refractivity (Wildman–Crippen MR) is 403 cm³/mol. The van der Waals surface area contributed by atoms with Gasteiger partial charge < -0.3 is 11.1 Å². The molecule has 0 heterocycles. The Morgan fingerprint density at radius 3 is 0.837 bits per heavy atom. The number of rotatable bonds is 12. The molecule has 0 saturated heterocycles. The molecule has 504 valence electrons. The van der Waals surface area contributed by atoms with Gasteiger partial charge in [-0.2, -0.15) is 0 Å². The lowest BCUT2D eigenvalue weighted by molar-refractivity contribution is -0.385. The Morgan fingerprint density at radius 1 is 0.316 bits per heavy atom. The number of nitro benzene ring substituents is 2. The second-order valence-corrected chi connectivity index (χ2v) is 34.4. The van der Waals surface area contributed by atoms with Crippen molar-refractivity contribution in [3.63, 3.8) is 0 Å². The van der Waals surface area contributed by atoms with Crippen LogP contribution < -0.4 is 11.1 Å². The number of benzene rings is 8. The normalized spacial score (nSPS) is 36.3. The number of halogens is 1. The van der Waals surface area contributed by atoms with Crippen molar-refractivity contribution in [3.05, 3.63) is 275 Å². The summed E-state index contributed by atoms with van der Waals surface area (Å²) in [5.74, 6) is 12.3. The molecule has 24 rings (SSSR count). The molecule has 0 aromatic heterocycles. The number of nitrogens with two attached hydrogens (primary N) is 1. The molecule has 16 fully saturated rings. The molecule has 98 heavy (non-hydrogen) atoms. The molecular weight excluding hydrogens is 1320 g/mol. The van der Waals surface area contributed by atoms with Crippen molar-refractivity contribution in [1.29, 1.82) is 0 Å². The summed E-state index contributed by atoms with van der Waals surface area (Å²) in [6.07, 6.45) is 27.2. The third kappa shape index (κ3) is 9.94. The lowest BCUT2D eigenvalue weighted by Crippen LogP contribution is -2.57. The number of hydrogen-bond acceptors (Lipinski definition) is 6. The van der Waals surface area contributed by atoms with Crippen LogP contribution in [0.4, 0.5) is 28.4 Å². The molecule has 16 saturated carbocycles. The number of nitrogens with zero attached hydrogens (tertiary/aromatic N) is 2. The highest BCUT2D eigenvalue weighted by Gasteiger charge is 2.65. The van der Waals surface area contributed by atoms with Gasteiger partial charge in [0, 0.05) is 45.2 Å². The lowest BCUT2D eigenvalue weighted by Gasteiger charge is -2.64. The fraction of sp³-hybridized carbons (Fsp3) is 0.461.